The SMILES string of the molecule is CC(C)N(C(=O)[C@@H]1CCCO1)[C@H]1CCCc2cccnc21. The molecule has 114 valence electrons. The second kappa shape index (κ2) is 6.14. The summed E-state index contributed by atoms with van der Waals surface area (Å²) in [5.41, 5.74) is 2.38. The smallest absolute Gasteiger partial charge is 0.252 e. The lowest BCUT2D eigenvalue weighted by Gasteiger charge is -2.38. The summed E-state index contributed by atoms with van der Waals surface area (Å²) in [5, 5.41) is 0. The lowest BCUT2D eigenvalue weighted by molar-refractivity contribution is -0.146. The molecule has 0 bridgehead atoms. The van der Waals surface area contributed by atoms with Gasteiger partial charge in [0.1, 0.15) is 6.10 Å². The number of hydrogen-bond acceptors (Lipinski definition) is 3. The molecule has 2 aliphatic rings. The molecule has 1 aliphatic heterocycles. The monoisotopic (exact) mass is 288 g/mol. The minimum atomic E-state index is -0.249. The van der Waals surface area contributed by atoms with E-state index >= 15 is 0 Å². The largest absolute Gasteiger partial charge is 0.368 e. The van der Waals surface area contributed by atoms with Gasteiger partial charge in [0, 0.05) is 18.8 Å². The van der Waals surface area contributed by atoms with Crippen molar-refractivity contribution in [2.75, 3.05) is 6.61 Å². The summed E-state index contributed by atoms with van der Waals surface area (Å²) in [6.45, 7) is 4.88. The van der Waals surface area contributed by atoms with Gasteiger partial charge < -0.3 is 9.64 Å². The fourth-order valence-electron chi connectivity index (χ4n) is 3.56. The molecule has 0 saturated carbocycles. The van der Waals surface area contributed by atoms with Crippen molar-refractivity contribution in [3.63, 3.8) is 0 Å². The maximum atomic E-state index is 12.9. The van der Waals surface area contributed by atoms with Gasteiger partial charge in [-0.1, -0.05) is 6.07 Å². The third-order valence-corrected chi connectivity index (χ3v) is 4.52. The summed E-state index contributed by atoms with van der Waals surface area (Å²) >= 11 is 0. The molecule has 0 N–H and O–H groups in total. The maximum Gasteiger partial charge on any atom is 0.252 e. The standard InChI is InChI=1S/C17H24N2O2/c1-12(2)19(17(20)15-9-5-11-21-15)14-8-3-6-13-7-4-10-18-16(13)14/h4,7,10,12,14-15H,3,5-6,8-9,11H2,1-2H3/t14-,15-/m0/s1. The highest BCUT2D eigenvalue weighted by Crippen LogP contribution is 2.35. The third-order valence-electron chi connectivity index (χ3n) is 4.52. The normalized spacial score (nSPS) is 24.9. The Hall–Kier alpha value is -1.42. The predicted molar refractivity (Wildman–Crippen MR) is 80.9 cm³/mol. The number of amides is 1. The van der Waals surface area contributed by atoms with E-state index in [4.69, 9.17) is 4.74 Å². The lowest BCUT2D eigenvalue weighted by Crippen LogP contribution is -2.46. The Bertz CT molecular complexity index is 509. The van der Waals surface area contributed by atoms with Crippen LogP contribution in [-0.2, 0) is 16.0 Å². The van der Waals surface area contributed by atoms with Gasteiger partial charge in [-0.2, -0.15) is 0 Å². The molecule has 4 nitrogen and oxygen atoms in total. The quantitative estimate of drug-likeness (QED) is 0.859. The topological polar surface area (TPSA) is 42.4 Å². The molecule has 0 spiro atoms. The summed E-state index contributed by atoms with van der Waals surface area (Å²) in [6, 6.07) is 4.40. The lowest BCUT2D eigenvalue weighted by atomic mass is 9.90. The molecule has 3 rings (SSSR count). The van der Waals surface area contributed by atoms with Crippen LogP contribution in [0.1, 0.15) is 56.8 Å². The van der Waals surface area contributed by atoms with Crippen LogP contribution in [0.25, 0.3) is 0 Å². The number of nitrogens with zero attached hydrogens (tertiary/aromatic N) is 2. The van der Waals surface area contributed by atoms with Crippen molar-refractivity contribution in [3.8, 4) is 0 Å². The summed E-state index contributed by atoms with van der Waals surface area (Å²) in [7, 11) is 0. The first-order valence-corrected chi connectivity index (χ1v) is 8.06. The molecule has 1 aromatic heterocycles. The van der Waals surface area contributed by atoms with Crippen LogP contribution in [-0.4, -0.2) is 34.5 Å². The van der Waals surface area contributed by atoms with Crippen molar-refractivity contribution in [2.45, 2.75) is 64.1 Å². The van der Waals surface area contributed by atoms with Crippen LogP contribution >= 0.6 is 0 Å². The van der Waals surface area contributed by atoms with Gasteiger partial charge in [0.05, 0.1) is 11.7 Å². The summed E-state index contributed by atoms with van der Waals surface area (Å²) in [4.78, 5) is 19.5. The zero-order valence-electron chi connectivity index (χ0n) is 12.9. The molecule has 1 aliphatic carbocycles. The van der Waals surface area contributed by atoms with Crippen LogP contribution < -0.4 is 0 Å². The van der Waals surface area contributed by atoms with E-state index in [1.807, 2.05) is 17.2 Å². The van der Waals surface area contributed by atoms with Crippen molar-refractivity contribution >= 4 is 5.91 Å². The fourth-order valence-corrected chi connectivity index (χ4v) is 3.56. The Balaban J connectivity index is 1.89. The number of carbonyl (C=O) groups is 1. The van der Waals surface area contributed by atoms with Crippen molar-refractivity contribution in [2.24, 2.45) is 0 Å². The van der Waals surface area contributed by atoms with Crippen LogP contribution in [0.3, 0.4) is 0 Å². The first-order chi connectivity index (χ1) is 10.2. The number of hydrogen-bond donors (Lipinski definition) is 0. The Kier molecular flexibility index (Phi) is 4.24. The van der Waals surface area contributed by atoms with E-state index in [1.165, 1.54) is 5.56 Å². The van der Waals surface area contributed by atoms with Gasteiger partial charge in [-0.3, -0.25) is 9.78 Å². The summed E-state index contributed by atoms with van der Waals surface area (Å²) in [6.07, 6.45) is 6.62. The first kappa shape index (κ1) is 14.5. The molecule has 4 heteroatoms. The average molecular weight is 288 g/mol. The molecular formula is C17H24N2O2. The van der Waals surface area contributed by atoms with Crippen LogP contribution in [0.15, 0.2) is 18.3 Å². The Morgan fingerprint density at radius 1 is 1.38 bits per heavy atom. The molecule has 1 amide bonds. The van der Waals surface area contributed by atoms with Crippen LogP contribution in [0, 0.1) is 0 Å². The number of carbonyl (C=O) groups excluding carboxylic acids is 1. The van der Waals surface area contributed by atoms with Crippen molar-refractivity contribution in [3.05, 3.63) is 29.6 Å². The predicted octanol–water partition coefficient (Wildman–Crippen LogP) is 2.88. The van der Waals surface area contributed by atoms with Crippen molar-refractivity contribution < 1.29 is 9.53 Å². The van der Waals surface area contributed by atoms with Gasteiger partial charge in [-0.05, 0) is 57.6 Å². The van der Waals surface area contributed by atoms with Crippen LogP contribution in [0.2, 0.25) is 0 Å². The highest BCUT2D eigenvalue weighted by molar-refractivity contribution is 5.82. The molecule has 1 fully saturated rings. The summed E-state index contributed by atoms with van der Waals surface area (Å²) < 4.78 is 5.61. The molecule has 1 aromatic rings. The third kappa shape index (κ3) is 2.82. The Labute approximate surface area is 126 Å². The van der Waals surface area contributed by atoms with Gasteiger partial charge in [-0.15, -0.1) is 0 Å². The first-order valence-electron chi connectivity index (χ1n) is 8.06. The van der Waals surface area contributed by atoms with Crippen molar-refractivity contribution in [1.82, 2.24) is 9.88 Å². The van der Waals surface area contributed by atoms with Gasteiger partial charge in [0.2, 0.25) is 0 Å². The second-order valence-electron chi connectivity index (χ2n) is 6.30. The van der Waals surface area contributed by atoms with E-state index in [0.29, 0.717) is 6.61 Å². The molecule has 2 atom stereocenters. The molecule has 0 aromatic carbocycles. The molecule has 1 saturated heterocycles. The molecular weight excluding hydrogens is 264 g/mol. The summed E-state index contributed by atoms with van der Waals surface area (Å²) in [5.74, 6) is 0.144. The number of aryl methyl sites for hydroxylation is 1. The van der Waals surface area contributed by atoms with Gasteiger partial charge in [0.15, 0.2) is 0 Å². The molecule has 21 heavy (non-hydrogen) atoms. The van der Waals surface area contributed by atoms with E-state index in [-0.39, 0.29) is 24.1 Å². The van der Waals surface area contributed by atoms with Gasteiger partial charge in [-0.25, -0.2) is 0 Å². The number of fused-ring (bicyclic) bond motifs is 1. The minimum absolute atomic E-state index is 0.103. The number of rotatable bonds is 3. The van der Waals surface area contributed by atoms with E-state index in [1.54, 1.807) is 0 Å². The highest BCUT2D eigenvalue weighted by Gasteiger charge is 2.36. The zero-order valence-corrected chi connectivity index (χ0v) is 12.9. The Morgan fingerprint density at radius 3 is 2.95 bits per heavy atom. The minimum Gasteiger partial charge on any atom is -0.368 e. The molecule has 0 radical (unpaired) electrons. The Morgan fingerprint density at radius 2 is 2.24 bits per heavy atom. The number of ether oxygens (including phenoxy) is 1. The van der Waals surface area contributed by atoms with E-state index in [9.17, 15) is 4.79 Å². The average Bonchev–Trinajstić information content (AvgIpc) is 3.01. The highest BCUT2D eigenvalue weighted by atomic mass is 16.5. The fraction of sp³-hybridized carbons (Fsp3) is 0.647. The second-order valence-corrected chi connectivity index (χ2v) is 6.30. The van der Waals surface area contributed by atoms with E-state index < -0.39 is 0 Å². The van der Waals surface area contributed by atoms with Gasteiger partial charge >= 0.3 is 0 Å². The van der Waals surface area contributed by atoms with Gasteiger partial charge in [0.25, 0.3) is 5.91 Å². The number of pyridine rings is 1. The molecule has 0 unspecified atom stereocenters. The zero-order chi connectivity index (χ0) is 14.8. The van der Waals surface area contributed by atoms with Crippen LogP contribution in [0.4, 0.5) is 0 Å². The van der Waals surface area contributed by atoms with Crippen molar-refractivity contribution in [1.29, 1.82) is 0 Å². The van der Waals surface area contributed by atoms with E-state index in [0.717, 1.165) is 37.8 Å². The number of aromatic nitrogens is 1. The maximum absolute atomic E-state index is 12.9. The van der Waals surface area contributed by atoms with Crippen LogP contribution in [0.5, 0.6) is 0 Å². The van der Waals surface area contributed by atoms with E-state index in [2.05, 4.69) is 24.9 Å². The molecule has 2 heterocycles.